The number of nitrogens with one attached hydrogen (secondary N) is 1. The Morgan fingerprint density at radius 1 is 1.04 bits per heavy atom. The van der Waals surface area contributed by atoms with Gasteiger partial charge in [-0.3, -0.25) is 4.79 Å². The van der Waals surface area contributed by atoms with Gasteiger partial charge in [-0.1, -0.05) is 18.2 Å². The average molecular weight is 400 g/mol. The average Bonchev–Trinajstić information content (AvgIpc) is 3.13. The number of carbonyl (C=O) groups excluding carboxylic acids is 1. The molecule has 0 radical (unpaired) electrons. The summed E-state index contributed by atoms with van der Waals surface area (Å²) in [7, 11) is -3.59. The lowest BCUT2D eigenvalue weighted by Crippen LogP contribution is -2.16. The van der Waals surface area contributed by atoms with Gasteiger partial charge >= 0.3 is 5.91 Å². The first kappa shape index (κ1) is 19.2. The van der Waals surface area contributed by atoms with Gasteiger partial charge in [-0.2, -0.15) is 5.10 Å². The highest BCUT2D eigenvalue weighted by Crippen LogP contribution is 2.24. The summed E-state index contributed by atoms with van der Waals surface area (Å²) in [5.41, 5.74) is 2.68. The molecule has 0 saturated heterocycles. The maximum atomic E-state index is 12.3. The normalized spacial score (nSPS) is 11.6. The molecule has 0 atom stereocenters. The molecule has 28 heavy (non-hydrogen) atoms. The minimum atomic E-state index is -3.59. The van der Waals surface area contributed by atoms with Crippen molar-refractivity contribution in [3.05, 3.63) is 77.7 Å². The van der Waals surface area contributed by atoms with Crippen molar-refractivity contribution in [1.82, 2.24) is 5.43 Å². The number of furan rings is 1. The van der Waals surface area contributed by atoms with Crippen LogP contribution in [-0.2, 0) is 15.6 Å². The highest BCUT2D eigenvalue weighted by molar-refractivity contribution is 7.90. The number of hydrazone groups is 1. The Balaban J connectivity index is 1.64. The summed E-state index contributed by atoms with van der Waals surface area (Å²) in [5.74, 6) is -1.59. The molecule has 0 aliphatic heterocycles. The van der Waals surface area contributed by atoms with Gasteiger partial charge in [0.15, 0.2) is 27.1 Å². The van der Waals surface area contributed by atoms with E-state index in [1.54, 1.807) is 18.2 Å². The van der Waals surface area contributed by atoms with Gasteiger partial charge in [0.25, 0.3) is 0 Å². The topological polar surface area (TPSA) is 129 Å². The highest BCUT2D eigenvalue weighted by atomic mass is 32.2. The predicted molar refractivity (Wildman–Crippen MR) is 101 cm³/mol. The lowest BCUT2D eigenvalue weighted by molar-refractivity contribution is 0.0926. The van der Waals surface area contributed by atoms with E-state index in [4.69, 9.17) is 4.42 Å². The van der Waals surface area contributed by atoms with Crippen LogP contribution in [0.25, 0.3) is 0 Å². The predicted octanol–water partition coefficient (Wildman–Crippen LogP) is 2.43. The monoisotopic (exact) mass is 400 g/mol. The third-order valence-corrected chi connectivity index (χ3v) is 5.35. The van der Waals surface area contributed by atoms with Gasteiger partial charge in [0, 0.05) is 0 Å². The summed E-state index contributed by atoms with van der Waals surface area (Å²) in [6.45, 7) is 0. The standard InChI is InChI=1S/C19H16N2O6S/c22-16-8-6-13(10-17(16)23)11-20-21-19(24)18-9-7-14(27-18)12-28(25,26)15-4-2-1-3-5-15/h1-11,22-23H,12H2,(H,21,24)/b20-11+. The van der Waals surface area contributed by atoms with Crippen LogP contribution in [0.2, 0.25) is 0 Å². The van der Waals surface area contributed by atoms with E-state index in [9.17, 15) is 23.4 Å². The third kappa shape index (κ3) is 4.57. The summed E-state index contributed by atoms with van der Waals surface area (Å²) in [6, 6.07) is 14.8. The largest absolute Gasteiger partial charge is 0.504 e. The summed E-state index contributed by atoms with van der Waals surface area (Å²) in [5, 5.41) is 22.4. The molecule has 3 rings (SSSR count). The minimum Gasteiger partial charge on any atom is -0.504 e. The Bertz CT molecular complexity index is 1120. The quantitative estimate of drug-likeness (QED) is 0.331. The van der Waals surface area contributed by atoms with Crippen LogP contribution in [0.3, 0.4) is 0 Å². The second-order valence-corrected chi connectivity index (χ2v) is 7.77. The number of benzene rings is 2. The molecule has 1 amide bonds. The van der Waals surface area contributed by atoms with Crippen LogP contribution in [0.4, 0.5) is 0 Å². The number of carbonyl (C=O) groups is 1. The van der Waals surface area contributed by atoms with E-state index in [0.29, 0.717) is 5.56 Å². The molecule has 0 aliphatic rings. The molecule has 1 heterocycles. The van der Waals surface area contributed by atoms with E-state index in [0.717, 1.165) is 0 Å². The van der Waals surface area contributed by atoms with Gasteiger partial charge in [0.05, 0.1) is 11.1 Å². The van der Waals surface area contributed by atoms with Gasteiger partial charge in [-0.25, -0.2) is 13.8 Å². The number of sulfone groups is 1. The van der Waals surface area contributed by atoms with Crippen LogP contribution in [0, 0.1) is 0 Å². The van der Waals surface area contributed by atoms with Crippen molar-refractivity contribution in [3.8, 4) is 11.5 Å². The molecule has 0 aliphatic carbocycles. The molecule has 8 nitrogen and oxygen atoms in total. The molecule has 0 bridgehead atoms. The molecular formula is C19H16N2O6S. The van der Waals surface area contributed by atoms with Gasteiger partial charge in [0.1, 0.15) is 11.5 Å². The Labute approximate surface area is 160 Å². The third-order valence-electron chi connectivity index (χ3n) is 3.70. The van der Waals surface area contributed by atoms with Crippen molar-refractivity contribution in [2.75, 3.05) is 0 Å². The van der Waals surface area contributed by atoms with Crippen molar-refractivity contribution in [2.24, 2.45) is 5.10 Å². The molecule has 0 spiro atoms. The molecule has 0 fully saturated rings. The summed E-state index contributed by atoms with van der Waals surface area (Å²) < 4.78 is 30.0. The van der Waals surface area contributed by atoms with Crippen LogP contribution < -0.4 is 5.43 Å². The fourth-order valence-electron chi connectivity index (χ4n) is 2.32. The van der Waals surface area contributed by atoms with Crippen molar-refractivity contribution in [2.45, 2.75) is 10.6 Å². The lowest BCUT2D eigenvalue weighted by atomic mass is 10.2. The second-order valence-electron chi connectivity index (χ2n) is 5.79. The second kappa shape index (κ2) is 7.97. The van der Waals surface area contributed by atoms with E-state index >= 15 is 0 Å². The van der Waals surface area contributed by atoms with Crippen LogP contribution in [0.15, 0.2) is 75.1 Å². The SMILES string of the molecule is O=C(N/N=C/c1ccc(O)c(O)c1)c1ccc(CS(=O)(=O)c2ccccc2)o1. The number of phenolic OH excluding ortho intramolecular Hbond substituents is 2. The molecule has 144 valence electrons. The Kier molecular flexibility index (Phi) is 5.46. The zero-order valence-corrected chi connectivity index (χ0v) is 15.3. The molecule has 1 aromatic heterocycles. The first-order chi connectivity index (χ1) is 13.3. The smallest absolute Gasteiger partial charge is 0.307 e. The summed E-state index contributed by atoms with van der Waals surface area (Å²) in [6.07, 6.45) is 1.26. The van der Waals surface area contributed by atoms with Crippen LogP contribution in [-0.4, -0.2) is 30.8 Å². The Hall–Kier alpha value is -3.59. The maximum absolute atomic E-state index is 12.3. The molecule has 3 aromatic rings. The fourth-order valence-corrected chi connectivity index (χ4v) is 3.59. The van der Waals surface area contributed by atoms with E-state index in [-0.39, 0.29) is 33.7 Å². The van der Waals surface area contributed by atoms with Crippen LogP contribution in [0.5, 0.6) is 11.5 Å². The van der Waals surface area contributed by atoms with Gasteiger partial charge in [-0.05, 0) is 48.0 Å². The fraction of sp³-hybridized carbons (Fsp3) is 0.0526. The first-order valence-electron chi connectivity index (χ1n) is 8.07. The van der Waals surface area contributed by atoms with Gasteiger partial charge < -0.3 is 14.6 Å². The van der Waals surface area contributed by atoms with Crippen molar-refractivity contribution < 1.29 is 27.8 Å². The van der Waals surface area contributed by atoms with Crippen LogP contribution >= 0.6 is 0 Å². The number of aromatic hydroxyl groups is 2. The maximum Gasteiger partial charge on any atom is 0.307 e. The first-order valence-corrected chi connectivity index (χ1v) is 9.72. The van der Waals surface area contributed by atoms with Crippen molar-refractivity contribution in [1.29, 1.82) is 0 Å². The zero-order valence-electron chi connectivity index (χ0n) is 14.4. The number of nitrogens with zero attached hydrogens (tertiary/aromatic N) is 1. The van der Waals surface area contributed by atoms with E-state index in [1.165, 1.54) is 48.7 Å². The summed E-state index contributed by atoms with van der Waals surface area (Å²) in [4.78, 5) is 12.2. The number of hydrogen-bond acceptors (Lipinski definition) is 7. The molecular weight excluding hydrogens is 384 g/mol. The molecule has 2 aromatic carbocycles. The van der Waals surface area contributed by atoms with E-state index < -0.39 is 15.7 Å². The number of rotatable bonds is 6. The Morgan fingerprint density at radius 3 is 2.50 bits per heavy atom. The number of hydrogen-bond donors (Lipinski definition) is 3. The Morgan fingerprint density at radius 2 is 1.79 bits per heavy atom. The van der Waals surface area contributed by atoms with Crippen molar-refractivity contribution >= 4 is 22.0 Å². The van der Waals surface area contributed by atoms with Gasteiger partial charge in [-0.15, -0.1) is 0 Å². The lowest BCUT2D eigenvalue weighted by Gasteiger charge is -2.02. The minimum absolute atomic E-state index is 0.0936. The summed E-state index contributed by atoms with van der Waals surface area (Å²) >= 11 is 0. The zero-order chi connectivity index (χ0) is 20.1. The van der Waals surface area contributed by atoms with E-state index in [1.807, 2.05) is 0 Å². The molecule has 0 unspecified atom stereocenters. The molecule has 3 N–H and O–H groups in total. The number of amides is 1. The highest BCUT2D eigenvalue weighted by Gasteiger charge is 2.19. The molecule has 9 heteroatoms. The van der Waals surface area contributed by atoms with E-state index in [2.05, 4.69) is 10.5 Å². The van der Waals surface area contributed by atoms with Crippen LogP contribution in [0.1, 0.15) is 21.9 Å². The number of phenols is 2. The molecule has 0 saturated carbocycles. The van der Waals surface area contributed by atoms with Crippen molar-refractivity contribution in [3.63, 3.8) is 0 Å². The van der Waals surface area contributed by atoms with Gasteiger partial charge in [0.2, 0.25) is 0 Å².